The van der Waals surface area contributed by atoms with Crippen molar-refractivity contribution in [1.82, 2.24) is 15.2 Å². The maximum Gasteiger partial charge on any atom is 0.416 e. The summed E-state index contributed by atoms with van der Waals surface area (Å²) in [6.07, 6.45) is -2.70. The van der Waals surface area contributed by atoms with Crippen LogP contribution in [0.3, 0.4) is 0 Å². The lowest BCUT2D eigenvalue weighted by Gasteiger charge is -2.33. The summed E-state index contributed by atoms with van der Waals surface area (Å²) in [5.41, 5.74) is 1.86. The van der Waals surface area contributed by atoms with Crippen LogP contribution in [0, 0.1) is 0 Å². The lowest BCUT2D eigenvalue weighted by atomic mass is 9.98. The van der Waals surface area contributed by atoms with Crippen LogP contribution < -0.4 is 10.6 Å². The molecule has 1 aliphatic rings. The molecule has 0 radical (unpaired) electrons. The molecule has 0 spiro atoms. The van der Waals surface area contributed by atoms with Crippen molar-refractivity contribution in [3.63, 3.8) is 0 Å². The van der Waals surface area contributed by atoms with Crippen LogP contribution in [0.5, 0.6) is 0 Å². The van der Waals surface area contributed by atoms with E-state index >= 15 is 0 Å². The van der Waals surface area contributed by atoms with Gasteiger partial charge in [0.05, 0.1) is 10.6 Å². The minimum absolute atomic E-state index is 0.240. The van der Waals surface area contributed by atoms with Crippen molar-refractivity contribution in [2.45, 2.75) is 31.9 Å². The van der Waals surface area contributed by atoms with Crippen LogP contribution in [0.4, 0.5) is 18.9 Å². The zero-order chi connectivity index (χ0) is 26.6. The standard InChI is InChI=1S/C27H27F3N4OS2/c1-17(2)15-31-26(36)34-12-10-18(11-13-34)25-33-23(16-37-25)24(35)32-22-9-4-3-8-21(22)19-6-5-7-20(14-19)27(28,29)30/h3-9,14,16,18H,1,10-13,15H2,2H3,(H,31,36)(H,32,35). The van der Waals surface area contributed by atoms with Gasteiger partial charge in [-0.15, -0.1) is 11.3 Å². The molecule has 2 heterocycles. The van der Waals surface area contributed by atoms with Gasteiger partial charge in [-0.3, -0.25) is 4.79 Å². The number of anilines is 1. The van der Waals surface area contributed by atoms with Gasteiger partial charge in [0.2, 0.25) is 0 Å². The fraction of sp³-hybridized carbons (Fsp3) is 0.296. The van der Waals surface area contributed by atoms with E-state index in [4.69, 9.17) is 12.2 Å². The van der Waals surface area contributed by atoms with E-state index < -0.39 is 17.6 Å². The van der Waals surface area contributed by atoms with Gasteiger partial charge in [0.15, 0.2) is 5.11 Å². The van der Waals surface area contributed by atoms with Crippen LogP contribution in [0.1, 0.15) is 46.7 Å². The average molecular weight is 545 g/mol. The number of nitrogens with one attached hydrogen (secondary N) is 2. The number of alkyl halides is 3. The fourth-order valence-corrected chi connectivity index (χ4v) is 5.37. The summed E-state index contributed by atoms with van der Waals surface area (Å²) in [6, 6.07) is 11.9. The maximum atomic E-state index is 13.2. The van der Waals surface area contributed by atoms with Gasteiger partial charge in [0, 0.05) is 42.2 Å². The fourth-order valence-electron chi connectivity index (χ4n) is 4.14. The van der Waals surface area contributed by atoms with Gasteiger partial charge in [-0.25, -0.2) is 4.98 Å². The van der Waals surface area contributed by atoms with Crippen molar-refractivity contribution in [1.29, 1.82) is 0 Å². The lowest BCUT2D eigenvalue weighted by molar-refractivity contribution is -0.137. The zero-order valence-corrected chi connectivity index (χ0v) is 21.9. The van der Waals surface area contributed by atoms with Crippen molar-refractivity contribution < 1.29 is 18.0 Å². The van der Waals surface area contributed by atoms with E-state index in [9.17, 15) is 18.0 Å². The number of likely N-dealkylation sites (tertiary alicyclic amines) is 1. The molecule has 4 rings (SSSR count). The molecule has 1 aliphatic heterocycles. The summed E-state index contributed by atoms with van der Waals surface area (Å²) in [7, 11) is 0. The molecule has 0 atom stereocenters. The Morgan fingerprint density at radius 1 is 1.19 bits per heavy atom. The number of halogens is 3. The molecule has 194 valence electrons. The van der Waals surface area contributed by atoms with E-state index in [0.29, 0.717) is 29.1 Å². The van der Waals surface area contributed by atoms with Gasteiger partial charge in [-0.1, -0.05) is 42.5 Å². The van der Waals surface area contributed by atoms with Crippen molar-refractivity contribution >= 4 is 40.3 Å². The van der Waals surface area contributed by atoms with Crippen LogP contribution >= 0.6 is 23.6 Å². The number of hydrogen-bond acceptors (Lipinski definition) is 4. The Balaban J connectivity index is 1.42. The van der Waals surface area contributed by atoms with Crippen molar-refractivity contribution in [2.75, 3.05) is 25.0 Å². The Morgan fingerprint density at radius 2 is 1.92 bits per heavy atom. The number of benzene rings is 2. The first-order chi connectivity index (χ1) is 17.6. The predicted octanol–water partition coefficient (Wildman–Crippen LogP) is 6.71. The van der Waals surface area contributed by atoms with Gasteiger partial charge in [0.1, 0.15) is 5.69 Å². The Labute approximate surface area is 223 Å². The molecule has 1 saturated heterocycles. The Bertz CT molecular complexity index is 1300. The zero-order valence-electron chi connectivity index (χ0n) is 20.3. The monoisotopic (exact) mass is 544 g/mol. The number of carbonyl (C=O) groups is 1. The molecule has 2 aromatic carbocycles. The highest BCUT2D eigenvalue weighted by molar-refractivity contribution is 7.80. The number of para-hydroxylation sites is 1. The third-order valence-electron chi connectivity index (χ3n) is 6.10. The minimum atomic E-state index is -4.45. The highest BCUT2D eigenvalue weighted by Crippen LogP contribution is 2.35. The summed E-state index contributed by atoms with van der Waals surface area (Å²) in [5.74, 6) is -0.159. The number of piperidine rings is 1. The largest absolute Gasteiger partial charge is 0.416 e. The number of amides is 1. The van der Waals surface area contributed by atoms with Crippen molar-refractivity contribution in [2.24, 2.45) is 0 Å². The van der Waals surface area contributed by atoms with Crippen molar-refractivity contribution in [3.8, 4) is 11.1 Å². The van der Waals surface area contributed by atoms with Gasteiger partial charge >= 0.3 is 6.18 Å². The van der Waals surface area contributed by atoms with Crippen LogP contribution in [0.25, 0.3) is 11.1 Å². The number of aromatic nitrogens is 1. The quantitative estimate of drug-likeness (QED) is 0.267. The Morgan fingerprint density at radius 3 is 2.62 bits per heavy atom. The number of thiazole rings is 1. The average Bonchev–Trinajstić information content (AvgIpc) is 3.38. The summed E-state index contributed by atoms with van der Waals surface area (Å²) in [6.45, 7) is 8.09. The van der Waals surface area contributed by atoms with Gasteiger partial charge in [0.25, 0.3) is 5.91 Å². The van der Waals surface area contributed by atoms with Crippen LogP contribution in [0.15, 0.2) is 66.1 Å². The molecule has 1 amide bonds. The molecule has 0 aliphatic carbocycles. The summed E-state index contributed by atoms with van der Waals surface area (Å²) in [5, 5.41) is 9.39. The second-order valence-electron chi connectivity index (χ2n) is 9.03. The molecule has 5 nitrogen and oxygen atoms in total. The molecule has 0 saturated carbocycles. The molecule has 37 heavy (non-hydrogen) atoms. The number of hydrogen-bond donors (Lipinski definition) is 2. The second kappa shape index (κ2) is 11.4. The molecule has 10 heteroatoms. The first-order valence-corrected chi connectivity index (χ1v) is 13.1. The molecule has 1 fully saturated rings. The van der Waals surface area contributed by atoms with Crippen LogP contribution in [-0.2, 0) is 6.18 Å². The lowest BCUT2D eigenvalue weighted by Crippen LogP contribution is -2.44. The van der Waals surface area contributed by atoms with Crippen LogP contribution in [0.2, 0.25) is 0 Å². The smallest absolute Gasteiger partial charge is 0.359 e. The van der Waals surface area contributed by atoms with E-state index in [0.717, 1.165) is 53.8 Å². The molecular weight excluding hydrogens is 517 g/mol. The molecular formula is C27H27F3N4OS2. The molecule has 0 bridgehead atoms. The second-order valence-corrected chi connectivity index (χ2v) is 10.3. The Kier molecular flexibility index (Phi) is 8.29. The van der Waals surface area contributed by atoms with E-state index in [1.807, 2.05) is 6.92 Å². The number of rotatable bonds is 6. The van der Waals surface area contributed by atoms with E-state index in [1.165, 1.54) is 17.4 Å². The SMILES string of the molecule is C=C(C)CNC(=S)N1CCC(c2nc(C(=O)Nc3ccccc3-c3cccc(C(F)(F)F)c3)cs2)CC1. The van der Waals surface area contributed by atoms with Gasteiger partial charge < -0.3 is 15.5 Å². The first kappa shape index (κ1) is 26.8. The third-order valence-corrected chi connectivity index (χ3v) is 7.51. The van der Waals surface area contributed by atoms with E-state index in [-0.39, 0.29) is 5.92 Å². The summed E-state index contributed by atoms with van der Waals surface area (Å²) < 4.78 is 39.6. The topological polar surface area (TPSA) is 57.3 Å². The highest BCUT2D eigenvalue weighted by Gasteiger charge is 2.30. The summed E-state index contributed by atoms with van der Waals surface area (Å²) >= 11 is 6.92. The van der Waals surface area contributed by atoms with E-state index in [2.05, 4.69) is 27.1 Å². The predicted molar refractivity (Wildman–Crippen MR) is 146 cm³/mol. The van der Waals surface area contributed by atoms with Crippen LogP contribution in [-0.4, -0.2) is 40.5 Å². The van der Waals surface area contributed by atoms with Crippen molar-refractivity contribution in [3.05, 3.63) is 82.3 Å². The third kappa shape index (κ3) is 6.75. The first-order valence-electron chi connectivity index (χ1n) is 11.8. The number of carbonyl (C=O) groups excluding carboxylic acids is 1. The van der Waals surface area contributed by atoms with Gasteiger partial charge in [-0.05, 0) is 55.7 Å². The molecule has 0 unspecified atom stereocenters. The number of nitrogens with zero attached hydrogens (tertiary/aromatic N) is 2. The Hall–Kier alpha value is -3.24. The highest BCUT2D eigenvalue weighted by atomic mass is 32.1. The van der Waals surface area contributed by atoms with E-state index in [1.54, 1.807) is 35.7 Å². The molecule has 2 N–H and O–H groups in total. The summed E-state index contributed by atoms with van der Waals surface area (Å²) in [4.78, 5) is 19.7. The number of thiocarbonyl (C=S) groups is 1. The van der Waals surface area contributed by atoms with Gasteiger partial charge in [-0.2, -0.15) is 13.2 Å². The minimum Gasteiger partial charge on any atom is -0.359 e. The molecule has 1 aromatic heterocycles. The maximum absolute atomic E-state index is 13.2. The molecule has 3 aromatic rings. The normalized spacial score (nSPS) is 14.3.